The Morgan fingerprint density at radius 2 is 1.73 bits per heavy atom. The molecule has 37 heavy (non-hydrogen) atoms. The van der Waals surface area contributed by atoms with Gasteiger partial charge in [-0.3, -0.25) is 13.9 Å². The molecule has 0 bridgehead atoms. The third kappa shape index (κ3) is 7.34. The van der Waals surface area contributed by atoms with E-state index < -0.39 is 34.3 Å². The molecule has 1 saturated carbocycles. The summed E-state index contributed by atoms with van der Waals surface area (Å²) >= 11 is 0. The first-order valence-corrected chi connectivity index (χ1v) is 13.9. The Morgan fingerprint density at radius 3 is 2.30 bits per heavy atom. The standard InChI is InChI=1S/C26H34FN3O6S/c1-18(26(32)28-21-7-5-6-8-21)29(16-19-9-11-20(27)12-10-19)25(31)17-30(37(4,33)34)23-14-13-22(35-2)15-24(23)36-3/h9-15,18,21H,5-8,16-17H2,1-4H3,(H,28,32)/t18-/m1/s1. The number of hydrogen-bond acceptors (Lipinski definition) is 6. The average molecular weight is 536 g/mol. The molecule has 0 aromatic heterocycles. The molecular formula is C26H34FN3O6S. The van der Waals surface area contributed by atoms with E-state index in [9.17, 15) is 22.4 Å². The van der Waals surface area contributed by atoms with Crippen molar-refractivity contribution in [3.8, 4) is 11.5 Å². The Morgan fingerprint density at radius 1 is 1.08 bits per heavy atom. The molecule has 0 saturated heterocycles. The van der Waals surface area contributed by atoms with Gasteiger partial charge in [-0.05, 0) is 49.6 Å². The number of sulfonamides is 1. The molecule has 1 aliphatic carbocycles. The van der Waals surface area contributed by atoms with E-state index in [4.69, 9.17) is 9.47 Å². The van der Waals surface area contributed by atoms with Crippen LogP contribution in [0.4, 0.5) is 10.1 Å². The van der Waals surface area contributed by atoms with Crippen molar-refractivity contribution in [3.05, 3.63) is 53.8 Å². The van der Waals surface area contributed by atoms with Gasteiger partial charge in [0.2, 0.25) is 21.8 Å². The molecule has 3 rings (SSSR count). The van der Waals surface area contributed by atoms with Crippen LogP contribution in [0.3, 0.4) is 0 Å². The molecule has 11 heteroatoms. The van der Waals surface area contributed by atoms with E-state index in [1.807, 2.05) is 0 Å². The number of hydrogen-bond donors (Lipinski definition) is 1. The number of anilines is 1. The van der Waals surface area contributed by atoms with Gasteiger partial charge in [-0.2, -0.15) is 0 Å². The Labute approximate surface area is 217 Å². The smallest absolute Gasteiger partial charge is 0.244 e. The van der Waals surface area contributed by atoms with Crippen LogP contribution in [-0.4, -0.2) is 64.2 Å². The maximum atomic E-state index is 13.7. The Kier molecular flexibility index (Phi) is 9.36. The lowest BCUT2D eigenvalue weighted by Gasteiger charge is -2.32. The number of ether oxygens (including phenoxy) is 2. The van der Waals surface area contributed by atoms with Gasteiger partial charge in [0.1, 0.15) is 29.9 Å². The number of rotatable bonds is 11. The number of nitrogens with one attached hydrogen (secondary N) is 1. The van der Waals surface area contributed by atoms with Crippen LogP contribution in [0.15, 0.2) is 42.5 Å². The molecule has 9 nitrogen and oxygen atoms in total. The van der Waals surface area contributed by atoms with Crippen LogP contribution in [0.1, 0.15) is 38.2 Å². The lowest BCUT2D eigenvalue weighted by atomic mass is 10.1. The maximum Gasteiger partial charge on any atom is 0.244 e. The lowest BCUT2D eigenvalue weighted by Crippen LogP contribution is -2.52. The van der Waals surface area contributed by atoms with Crippen molar-refractivity contribution < 1.29 is 31.9 Å². The third-order valence-electron chi connectivity index (χ3n) is 6.47. The highest BCUT2D eigenvalue weighted by Crippen LogP contribution is 2.33. The van der Waals surface area contributed by atoms with Crippen LogP contribution < -0.4 is 19.1 Å². The molecule has 1 N–H and O–H groups in total. The van der Waals surface area contributed by atoms with Crippen molar-refractivity contribution in [2.75, 3.05) is 31.3 Å². The van der Waals surface area contributed by atoms with Crippen molar-refractivity contribution in [2.45, 2.75) is 51.2 Å². The van der Waals surface area contributed by atoms with Crippen LogP contribution in [0.25, 0.3) is 0 Å². The van der Waals surface area contributed by atoms with Gasteiger partial charge in [-0.15, -0.1) is 0 Å². The van der Waals surface area contributed by atoms with Crippen LogP contribution in [0.2, 0.25) is 0 Å². The highest BCUT2D eigenvalue weighted by molar-refractivity contribution is 7.92. The van der Waals surface area contributed by atoms with E-state index in [0.29, 0.717) is 11.3 Å². The van der Waals surface area contributed by atoms with Gasteiger partial charge in [-0.25, -0.2) is 12.8 Å². The van der Waals surface area contributed by atoms with Crippen LogP contribution in [-0.2, 0) is 26.2 Å². The quantitative estimate of drug-likeness (QED) is 0.474. The van der Waals surface area contributed by atoms with Crippen molar-refractivity contribution in [1.29, 1.82) is 0 Å². The molecule has 0 radical (unpaired) electrons. The summed E-state index contributed by atoms with van der Waals surface area (Å²) in [5.74, 6) is -0.689. The van der Waals surface area contributed by atoms with Crippen molar-refractivity contribution >= 4 is 27.5 Å². The summed E-state index contributed by atoms with van der Waals surface area (Å²) in [5.41, 5.74) is 0.757. The minimum atomic E-state index is -3.93. The van der Waals surface area contributed by atoms with E-state index in [0.717, 1.165) is 36.2 Å². The Bertz CT molecular complexity index is 1200. The number of benzene rings is 2. The summed E-state index contributed by atoms with van der Waals surface area (Å²) < 4.78 is 50.5. The van der Waals surface area contributed by atoms with E-state index in [-0.39, 0.29) is 29.9 Å². The fourth-order valence-corrected chi connectivity index (χ4v) is 5.20. The first-order chi connectivity index (χ1) is 17.5. The van der Waals surface area contributed by atoms with E-state index in [1.54, 1.807) is 13.0 Å². The number of carbonyl (C=O) groups is 2. The van der Waals surface area contributed by atoms with Gasteiger partial charge in [0.05, 0.1) is 26.2 Å². The van der Waals surface area contributed by atoms with E-state index >= 15 is 0 Å². The lowest BCUT2D eigenvalue weighted by molar-refractivity contribution is -0.139. The minimum Gasteiger partial charge on any atom is -0.497 e. The molecule has 0 unspecified atom stereocenters. The summed E-state index contributed by atoms with van der Waals surface area (Å²) in [4.78, 5) is 28.0. The van der Waals surface area contributed by atoms with E-state index in [2.05, 4.69) is 5.32 Å². The summed E-state index contributed by atoms with van der Waals surface area (Å²) in [6.07, 6.45) is 4.81. The predicted molar refractivity (Wildman–Crippen MR) is 139 cm³/mol. The van der Waals surface area contributed by atoms with Gasteiger partial charge in [-0.1, -0.05) is 25.0 Å². The van der Waals surface area contributed by atoms with Gasteiger partial charge in [0.25, 0.3) is 0 Å². The topological polar surface area (TPSA) is 105 Å². The number of amides is 2. The Balaban J connectivity index is 1.92. The monoisotopic (exact) mass is 535 g/mol. The molecular weight excluding hydrogens is 501 g/mol. The summed E-state index contributed by atoms with van der Waals surface area (Å²) in [7, 11) is -1.07. The largest absolute Gasteiger partial charge is 0.497 e. The van der Waals surface area contributed by atoms with Gasteiger partial charge in [0, 0.05) is 18.7 Å². The highest BCUT2D eigenvalue weighted by Gasteiger charge is 2.32. The number of methoxy groups -OCH3 is 2. The third-order valence-corrected chi connectivity index (χ3v) is 7.60. The highest BCUT2D eigenvalue weighted by atomic mass is 32.2. The molecule has 0 aliphatic heterocycles. The van der Waals surface area contributed by atoms with Crippen LogP contribution >= 0.6 is 0 Å². The van der Waals surface area contributed by atoms with Crippen molar-refractivity contribution in [1.82, 2.24) is 10.2 Å². The average Bonchev–Trinajstić information content (AvgIpc) is 3.38. The van der Waals surface area contributed by atoms with Crippen LogP contribution in [0, 0.1) is 5.82 Å². The molecule has 2 amide bonds. The molecule has 1 fully saturated rings. The molecule has 1 atom stereocenters. The maximum absolute atomic E-state index is 13.7. The summed E-state index contributed by atoms with van der Waals surface area (Å²) in [5, 5.41) is 3.00. The molecule has 0 heterocycles. The fourth-order valence-electron chi connectivity index (χ4n) is 4.35. The molecule has 2 aromatic carbocycles. The summed E-state index contributed by atoms with van der Waals surface area (Å²) in [6, 6.07) is 9.33. The van der Waals surface area contributed by atoms with Crippen LogP contribution in [0.5, 0.6) is 11.5 Å². The SMILES string of the molecule is COc1ccc(N(CC(=O)N(Cc2ccc(F)cc2)[C@H](C)C(=O)NC2CCCC2)S(C)(=O)=O)c(OC)c1. The summed E-state index contributed by atoms with van der Waals surface area (Å²) in [6.45, 7) is 1.03. The first kappa shape index (κ1) is 28.2. The molecule has 2 aromatic rings. The number of nitrogens with zero attached hydrogens (tertiary/aromatic N) is 2. The second kappa shape index (κ2) is 12.3. The minimum absolute atomic E-state index is 0.00425. The number of halogens is 1. The second-order valence-electron chi connectivity index (χ2n) is 9.12. The van der Waals surface area contributed by atoms with Gasteiger partial charge in [0.15, 0.2) is 0 Å². The van der Waals surface area contributed by atoms with Crippen molar-refractivity contribution in [2.24, 2.45) is 0 Å². The fraction of sp³-hybridized carbons (Fsp3) is 0.462. The predicted octanol–water partition coefficient (Wildman–Crippen LogP) is 3.09. The second-order valence-corrected chi connectivity index (χ2v) is 11.0. The van der Waals surface area contributed by atoms with Crippen molar-refractivity contribution in [3.63, 3.8) is 0 Å². The zero-order chi connectivity index (χ0) is 27.2. The Hall–Kier alpha value is -3.34. The van der Waals surface area contributed by atoms with Gasteiger partial charge >= 0.3 is 0 Å². The number of carbonyl (C=O) groups excluding carboxylic acids is 2. The normalized spacial score (nSPS) is 14.6. The molecule has 0 spiro atoms. The van der Waals surface area contributed by atoms with Gasteiger partial charge < -0.3 is 19.7 Å². The molecule has 202 valence electrons. The zero-order valence-electron chi connectivity index (χ0n) is 21.6. The zero-order valence-corrected chi connectivity index (χ0v) is 22.4. The molecule has 1 aliphatic rings. The van der Waals surface area contributed by atoms with E-state index in [1.165, 1.54) is 55.5 Å². The first-order valence-electron chi connectivity index (χ1n) is 12.1.